The first-order valence-electron chi connectivity index (χ1n) is 5.73. The largest absolute Gasteiger partial charge is 0.342 e. The van der Waals surface area contributed by atoms with E-state index in [0.29, 0.717) is 6.42 Å². The van der Waals surface area contributed by atoms with E-state index in [1.54, 1.807) is 18.9 Å². The second kappa shape index (κ2) is 3.75. The first kappa shape index (κ1) is 13.0. The van der Waals surface area contributed by atoms with Gasteiger partial charge in [0.15, 0.2) is 0 Å². The van der Waals surface area contributed by atoms with E-state index in [-0.39, 0.29) is 17.2 Å². The number of likely N-dealkylation sites (N-methyl/N-ethyl adjacent to an activating group) is 1. The summed E-state index contributed by atoms with van der Waals surface area (Å²) in [6.07, 6.45) is 0.623. The molecule has 1 heterocycles. The molecule has 1 N–H and O–H groups in total. The Balaban J connectivity index is 3.06. The van der Waals surface area contributed by atoms with Gasteiger partial charge >= 0.3 is 0 Å². The number of nitrogens with one attached hydrogen (secondary N) is 1. The lowest BCUT2D eigenvalue weighted by atomic mass is 9.81. The minimum absolute atomic E-state index is 0.00329. The highest BCUT2D eigenvalue weighted by Gasteiger charge is 2.49. The third-order valence-electron chi connectivity index (χ3n) is 3.64. The van der Waals surface area contributed by atoms with Crippen LogP contribution in [0.4, 0.5) is 0 Å². The van der Waals surface area contributed by atoms with Crippen molar-refractivity contribution < 1.29 is 9.59 Å². The van der Waals surface area contributed by atoms with Crippen LogP contribution in [0.5, 0.6) is 0 Å². The number of hydrogen-bond donors (Lipinski definition) is 1. The van der Waals surface area contributed by atoms with Crippen molar-refractivity contribution in [3.8, 4) is 0 Å². The first-order chi connectivity index (χ1) is 7.14. The SMILES string of the molecule is CCC1(C)C(=O)NC(C(C)(C)C)C(=O)N1C. The Morgan fingerprint density at radius 1 is 1.38 bits per heavy atom. The molecule has 1 aliphatic heterocycles. The Morgan fingerprint density at radius 3 is 2.25 bits per heavy atom. The third kappa shape index (κ3) is 1.81. The summed E-state index contributed by atoms with van der Waals surface area (Å²) in [6, 6.07) is -0.426. The summed E-state index contributed by atoms with van der Waals surface area (Å²) >= 11 is 0. The fraction of sp³-hybridized carbons (Fsp3) is 0.833. The Morgan fingerprint density at radius 2 is 1.88 bits per heavy atom. The van der Waals surface area contributed by atoms with Crippen LogP contribution >= 0.6 is 0 Å². The topological polar surface area (TPSA) is 49.4 Å². The molecule has 0 aromatic heterocycles. The van der Waals surface area contributed by atoms with Crippen LogP contribution in [-0.2, 0) is 9.59 Å². The Hall–Kier alpha value is -1.06. The van der Waals surface area contributed by atoms with Crippen LogP contribution in [0.1, 0.15) is 41.0 Å². The minimum atomic E-state index is -0.709. The van der Waals surface area contributed by atoms with Crippen molar-refractivity contribution in [2.45, 2.75) is 52.6 Å². The fourth-order valence-corrected chi connectivity index (χ4v) is 1.92. The monoisotopic (exact) mass is 226 g/mol. The molecule has 0 aliphatic carbocycles. The molecule has 0 aromatic carbocycles. The van der Waals surface area contributed by atoms with E-state index in [9.17, 15) is 9.59 Å². The lowest BCUT2D eigenvalue weighted by Crippen LogP contribution is -2.70. The number of nitrogens with zero attached hydrogens (tertiary/aromatic N) is 1. The normalized spacial score (nSPS) is 31.6. The van der Waals surface area contributed by atoms with E-state index in [1.165, 1.54) is 0 Å². The number of amides is 2. The number of carbonyl (C=O) groups is 2. The average Bonchev–Trinajstić information content (AvgIpc) is 2.18. The summed E-state index contributed by atoms with van der Waals surface area (Å²) in [5, 5.41) is 2.85. The Kier molecular flexibility index (Phi) is 3.05. The number of hydrogen-bond acceptors (Lipinski definition) is 2. The zero-order valence-electron chi connectivity index (χ0n) is 11.0. The van der Waals surface area contributed by atoms with Crippen molar-refractivity contribution in [1.29, 1.82) is 0 Å². The maximum absolute atomic E-state index is 12.2. The summed E-state index contributed by atoms with van der Waals surface area (Å²) in [7, 11) is 1.71. The van der Waals surface area contributed by atoms with Gasteiger partial charge in [-0.15, -0.1) is 0 Å². The van der Waals surface area contributed by atoms with Crippen molar-refractivity contribution in [3.05, 3.63) is 0 Å². The molecule has 0 saturated carbocycles. The molecule has 1 saturated heterocycles. The molecule has 1 aliphatic rings. The molecule has 2 unspecified atom stereocenters. The van der Waals surface area contributed by atoms with Crippen molar-refractivity contribution in [2.75, 3.05) is 7.05 Å². The van der Waals surface area contributed by atoms with Crippen LogP contribution in [0.15, 0.2) is 0 Å². The van der Waals surface area contributed by atoms with E-state index in [4.69, 9.17) is 0 Å². The van der Waals surface area contributed by atoms with E-state index in [0.717, 1.165) is 0 Å². The van der Waals surface area contributed by atoms with Gasteiger partial charge in [-0.05, 0) is 18.8 Å². The average molecular weight is 226 g/mol. The van der Waals surface area contributed by atoms with Crippen LogP contribution < -0.4 is 5.32 Å². The van der Waals surface area contributed by atoms with E-state index < -0.39 is 11.6 Å². The standard InChI is InChI=1S/C12H22N2O2/c1-7-12(5)10(16)13-8(11(2,3)4)9(15)14(12)6/h8H,7H2,1-6H3,(H,13,16). The van der Waals surface area contributed by atoms with Gasteiger partial charge < -0.3 is 10.2 Å². The summed E-state index contributed by atoms with van der Waals surface area (Å²) in [4.78, 5) is 25.8. The highest BCUT2D eigenvalue weighted by atomic mass is 16.2. The summed E-state index contributed by atoms with van der Waals surface area (Å²) in [5.74, 6) is -0.0616. The maximum atomic E-state index is 12.2. The van der Waals surface area contributed by atoms with Gasteiger partial charge in [0.1, 0.15) is 11.6 Å². The molecule has 0 radical (unpaired) electrons. The highest BCUT2D eigenvalue weighted by Crippen LogP contribution is 2.29. The van der Waals surface area contributed by atoms with Gasteiger partial charge in [0.2, 0.25) is 11.8 Å². The van der Waals surface area contributed by atoms with Gasteiger partial charge in [-0.25, -0.2) is 0 Å². The molecule has 0 aromatic rings. The number of piperazine rings is 1. The highest BCUT2D eigenvalue weighted by molar-refractivity contribution is 5.99. The molecule has 16 heavy (non-hydrogen) atoms. The lowest BCUT2D eigenvalue weighted by Gasteiger charge is -2.47. The van der Waals surface area contributed by atoms with Gasteiger partial charge in [0.05, 0.1) is 0 Å². The van der Waals surface area contributed by atoms with Gasteiger partial charge in [0.25, 0.3) is 0 Å². The van der Waals surface area contributed by atoms with Crippen molar-refractivity contribution in [3.63, 3.8) is 0 Å². The number of rotatable bonds is 1. The zero-order valence-corrected chi connectivity index (χ0v) is 11.0. The van der Waals surface area contributed by atoms with Crippen molar-refractivity contribution in [1.82, 2.24) is 10.2 Å². The van der Waals surface area contributed by atoms with Gasteiger partial charge in [-0.1, -0.05) is 27.7 Å². The quantitative estimate of drug-likeness (QED) is 0.729. The number of carbonyl (C=O) groups excluding carboxylic acids is 2. The molecule has 4 heteroatoms. The molecule has 0 bridgehead atoms. The molecule has 92 valence electrons. The third-order valence-corrected chi connectivity index (χ3v) is 3.64. The first-order valence-corrected chi connectivity index (χ1v) is 5.73. The Bertz CT molecular complexity index is 319. The zero-order chi connectivity index (χ0) is 12.7. The molecule has 1 fully saturated rings. The van der Waals surface area contributed by atoms with Crippen LogP contribution in [-0.4, -0.2) is 35.3 Å². The second-order valence-electron chi connectivity index (χ2n) is 5.80. The van der Waals surface area contributed by atoms with E-state index >= 15 is 0 Å². The van der Waals surface area contributed by atoms with Gasteiger partial charge in [-0.2, -0.15) is 0 Å². The van der Waals surface area contributed by atoms with E-state index in [2.05, 4.69) is 5.32 Å². The summed E-state index contributed by atoms with van der Waals surface area (Å²) in [5.41, 5.74) is -0.963. The fourth-order valence-electron chi connectivity index (χ4n) is 1.92. The van der Waals surface area contributed by atoms with Crippen LogP contribution in [0.2, 0.25) is 0 Å². The molecular weight excluding hydrogens is 204 g/mol. The van der Waals surface area contributed by atoms with Crippen LogP contribution in [0.3, 0.4) is 0 Å². The van der Waals surface area contributed by atoms with E-state index in [1.807, 2.05) is 27.7 Å². The molecular formula is C12H22N2O2. The summed E-state index contributed by atoms with van der Waals surface area (Å²) in [6.45, 7) is 9.59. The van der Waals surface area contributed by atoms with Crippen molar-refractivity contribution >= 4 is 11.8 Å². The smallest absolute Gasteiger partial charge is 0.246 e. The predicted octanol–water partition coefficient (Wildman–Crippen LogP) is 1.16. The maximum Gasteiger partial charge on any atom is 0.246 e. The molecule has 2 amide bonds. The molecule has 1 rings (SSSR count). The second-order valence-corrected chi connectivity index (χ2v) is 5.80. The predicted molar refractivity (Wildman–Crippen MR) is 62.9 cm³/mol. The van der Waals surface area contributed by atoms with Gasteiger partial charge in [0, 0.05) is 7.05 Å². The molecule has 4 nitrogen and oxygen atoms in total. The van der Waals surface area contributed by atoms with Crippen molar-refractivity contribution in [2.24, 2.45) is 5.41 Å². The van der Waals surface area contributed by atoms with Crippen LogP contribution in [0.25, 0.3) is 0 Å². The summed E-state index contributed by atoms with van der Waals surface area (Å²) < 4.78 is 0. The Labute approximate surface area is 97.4 Å². The van der Waals surface area contributed by atoms with Gasteiger partial charge in [-0.3, -0.25) is 9.59 Å². The van der Waals surface area contributed by atoms with Crippen LogP contribution in [0, 0.1) is 5.41 Å². The minimum Gasteiger partial charge on any atom is -0.342 e. The molecule has 2 atom stereocenters. The lowest BCUT2D eigenvalue weighted by molar-refractivity contribution is -0.157. The molecule has 0 spiro atoms.